The van der Waals surface area contributed by atoms with Gasteiger partial charge in [0.1, 0.15) is 11.5 Å². The van der Waals surface area contributed by atoms with Crippen molar-refractivity contribution < 1.29 is 22.7 Å². The first kappa shape index (κ1) is 17.7. The van der Waals surface area contributed by atoms with E-state index >= 15 is 0 Å². The van der Waals surface area contributed by atoms with Gasteiger partial charge in [-0.25, -0.2) is 22.9 Å². The molecular formula is C18H14F3N3O2. The van der Waals surface area contributed by atoms with E-state index in [1.165, 1.54) is 16.8 Å². The molecule has 2 heterocycles. The number of esters is 1. The van der Waals surface area contributed by atoms with Gasteiger partial charge in [0, 0.05) is 24.0 Å². The lowest BCUT2D eigenvalue weighted by molar-refractivity contribution is 0.0520. The molecule has 134 valence electrons. The lowest BCUT2D eigenvalue weighted by Gasteiger charge is -2.07. The second-order valence-electron chi connectivity index (χ2n) is 5.53. The monoisotopic (exact) mass is 361 g/mol. The highest BCUT2D eigenvalue weighted by atomic mass is 19.2. The summed E-state index contributed by atoms with van der Waals surface area (Å²) in [5, 5.41) is 0. The number of carbonyl (C=O) groups is 1. The zero-order valence-corrected chi connectivity index (χ0v) is 14.0. The Bertz CT molecular complexity index is 1040. The standard InChI is InChI=1S/C18H14F3N3O2/c1-4-26-18(25)15-16(9(2)3)24-6-5-22-14(17(24)23-15)11-7-10(19)8-12(20)13(11)21/h5-8H,2,4H2,1,3H3. The van der Waals surface area contributed by atoms with Crippen molar-refractivity contribution in [1.29, 1.82) is 0 Å². The third-order valence-corrected chi connectivity index (χ3v) is 3.66. The minimum absolute atomic E-state index is 0.0362. The summed E-state index contributed by atoms with van der Waals surface area (Å²) in [5.41, 5.74) is 0.356. The van der Waals surface area contributed by atoms with E-state index in [0.717, 1.165) is 6.07 Å². The van der Waals surface area contributed by atoms with Gasteiger partial charge in [-0.3, -0.25) is 9.38 Å². The molecule has 0 aliphatic rings. The molecule has 1 aromatic carbocycles. The Morgan fingerprint density at radius 2 is 2.04 bits per heavy atom. The number of carbonyl (C=O) groups excluding carboxylic acids is 1. The SMILES string of the molecule is C=C(C)c1c(C(=O)OCC)nc2c(-c3cc(F)cc(F)c3F)nccn12. The minimum atomic E-state index is -1.35. The molecule has 0 aliphatic heterocycles. The number of halogens is 3. The van der Waals surface area contributed by atoms with Gasteiger partial charge in [-0.15, -0.1) is 0 Å². The van der Waals surface area contributed by atoms with E-state index in [0.29, 0.717) is 17.3 Å². The van der Waals surface area contributed by atoms with E-state index in [1.807, 2.05) is 0 Å². The molecule has 5 nitrogen and oxygen atoms in total. The van der Waals surface area contributed by atoms with Gasteiger partial charge in [-0.1, -0.05) is 6.58 Å². The molecular weight excluding hydrogens is 347 g/mol. The normalized spacial score (nSPS) is 11.0. The molecule has 0 radical (unpaired) electrons. The van der Waals surface area contributed by atoms with E-state index in [2.05, 4.69) is 16.5 Å². The van der Waals surface area contributed by atoms with E-state index in [1.54, 1.807) is 13.8 Å². The predicted octanol–water partition coefficient (Wildman–Crippen LogP) is 4.02. The van der Waals surface area contributed by atoms with Gasteiger partial charge in [0.2, 0.25) is 0 Å². The molecule has 0 spiro atoms. The second-order valence-corrected chi connectivity index (χ2v) is 5.53. The quantitative estimate of drug-likeness (QED) is 0.520. The zero-order valence-electron chi connectivity index (χ0n) is 14.0. The summed E-state index contributed by atoms with van der Waals surface area (Å²) in [4.78, 5) is 20.4. The summed E-state index contributed by atoms with van der Waals surface area (Å²) in [6.45, 7) is 7.26. The van der Waals surface area contributed by atoms with E-state index in [4.69, 9.17) is 4.74 Å². The summed E-state index contributed by atoms with van der Waals surface area (Å²) >= 11 is 0. The number of hydrogen-bond acceptors (Lipinski definition) is 4. The largest absolute Gasteiger partial charge is 0.461 e. The Kier molecular flexibility index (Phi) is 4.50. The zero-order chi connectivity index (χ0) is 19.0. The van der Waals surface area contributed by atoms with Crippen molar-refractivity contribution in [3.63, 3.8) is 0 Å². The van der Waals surface area contributed by atoms with Crippen LogP contribution < -0.4 is 0 Å². The number of imidazole rings is 1. The number of allylic oxidation sites excluding steroid dienone is 1. The van der Waals surface area contributed by atoms with Crippen LogP contribution in [0.3, 0.4) is 0 Å². The molecule has 0 fully saturated rings. The van der Waals surface area contributed by atoms with Crippen LogP contribution in [0.15, 0.2) is 31.1 Å². The van der Waals surface area contributed by atoms with Crippen LogP contribution in [0.4, 0.5) is 13.2 Å². The van der Waals surface area contributed by atoms with Crippen molar-refractivity contribution in [3.8, 4) is 11.3 Å². The third-order valence-electron chi connectivity index (χ3n) is 3.66. The average Bonchev–Trinajstić information content (AvgIpc) is 2.98. The lowest BCUT2D eigenvalue weighted by Crippen LogP contribution is -2.08. The fourth-order valence-corrected chi connectivity index (χ4v) is 2.64. The number of aromatic nitrogens is 3. The average molecular weight is 361 g/mol. The van der Waals surface area contributed by atoms with Crippen molar-refractivity contribution in [2.24, 2.45) is 0 Å². The fourth-order valence-electron chi connectivity index (χ4n) is 2.64. The highest BCUT2D eigenvalue weighted by Gasteiger charge is 2.24. The van der Waals surface area contributed by atoms with Gasteiger partial charge in [-0.05, 0) is 25.5 Å². The van der Waals surface area contributed by atoms with Crippen molar-refractivity contribution >= 4 is 17.2 Å². The minimum Gasteiger partial charge on any atom is -0.461 e. The molecule has 0 atom stereocenters. The number of rotatable bonds is 4. The predicted molar refractivity (Wildman–Crippen MR) is 89.0 cm³/mol. The third kappa shape index (κ3) is 2.83. The Morgan fingerprint density at radius 1 is 1.31 bits per heavy atom. The van der Waals surface area contributed by atoms with Crippen molar-refractivity contribution in [2.45, 2.75) is 13.8 Å². The van der Waals surface area contributed by atoms with Gasteiger partial charge >= 0.3 is 5.97 Å². The second kappa shape index (κ2) is 6.62. The molecule has 0 bridgehead atoms. The van der Waals surface area contributed by atoms with Gasteiger partial charge in [0.05, 0.1) is 12.3 Å². The highest BCUT2D eigenvalue weighted by molar-refractivity contribution is 5.94. The molecule has 0 saturated carbocycles. The molecule has 0 N–H and O–H groups in total. The van der Waals surface area contributed by atoms with Gasteiger partial charge in [-0.2, -0.15) is 0 Å². The number of fused-ring (bicyclic) bond motifs is 1. The maximum absolute atomic E-state index is 14.2. The first-order valence-electron chi connectivity index (χ1n) is 7.70. The van der Waals surface area contributed by atoms with Crippen molar-refractivity contribution in [1.82, 2.24) is 14.4 Å². The Morgan fingerprint density at radius 3 is 2.69 bits per heavy atom. The lowest BCUT2D eigenvalue weighted by atomic mass is 10.1. The Hall–Kier alpha value is -3.16. The molecule has 0 saturated heterocycles. The number of benzene rings is 1. The van der Waals surface area contributed by atoms with Gasteiger partial charge in [0.15, 0.2) is 23.0 Å². The van der Waals surface area contributed by atoms with Crippen LogP contribution >= 0.6 is 0 Å². The first-order chi connectivity index (χ1) is 12.3. The maximum atomic E-state index is 14.2. The van der Waals surface area contributed by atoms with Crippen LogP contribution in [0.25, 0.3) is 22.5 Å². The smallest absolute Gasteiger partial charge is 0.359 e. The van der Waals surface area contributed by atoms with Gasteiger partial charge < -0.3 is 4.74 Å². The number of hydrogen-bond donors (Lipinski definition) is 0. The Labute approximate surface area is 146 Å². The number of nitrogens with zero attached hydrogens (tertiary/aromatic N) is 3. The maximum Gasteiger partial charge on any atom is 0.359 e. The summed E-state index contributed by atoms with van der Waals surface area (Å²) in [6, 6.07) is 1.26. The summed E-state index contributed by atoms with van der Waals surface area (Å²) in [5.74, 6) is -4.25. The molecule has 0 amide bonds. The van der Waals surface area contributed by atoms with Crippen LogP contribution in [-0.2, 0) is 4.74 Å². The number of ether oxygens (including phenoxy) is 1. The first-order valence-corrected chi connectivity index (χ1v) is 7.70. The summed E-state index contributed by atoms with van der Waals surface area (Å²) < 4.78 is 47.8. The molecule has 0 aliphatic carbocycles. The van der Waals surface area contributed by atoms with Gasteiger partial charge in [0.25, 0.3) is 0 Å². The summed E-state index contributed by atoms with van der Waals surface area (Å²) in [6.07, 6.45) is 2.81. The van der Waals surface area contributed by atoms with E-state index < -0.39 is 29.0 Å². The van der Waals surface area contributed by atoms with Crippen LogP contribution in [0.1, 0.15) is 30.0 Å². The fraction of sp³-hybridized carbons (Fsp3) is 0.167. The van der Waals surface area contributed by atoms with Crippen LogP contribution in [0.2, 0.25) is 0 Å². The van der Waals surface area contributed by atoms with E-state index in [9.17, 15) is 18.0 Å². The molecule has 3 rings (SSSR count). The Balaban J connectivity index is 2.35. The summed E-state index contributed by atoms with van der Waals surface area (Å²) in [7, 11) is 0. The van der Waals surface area contributed by atoms with Crippen molar-refractivity contribution in [2.75, 3.05) is 6.61 Å². The molecule has 2 aromatic heterocycles. The van der Waals surface area contributed by atoms with E-state index in [-0.39, 0.29) is 23.6 Å². The topological polar surface area (TPSA) is 56.5 Å². The molecule has 26 heavy (non-hydrogen) atoms. The van der Waals surface area contributed by atoms with Crippen LogP contribution in [-0.4, -0.2) is 26.9 Å². The molecule has 8 heteroatoms. The molecule has 3 aromatic rings. The molecule has 0 unspecified atom stereocenters. The van der Waals surface area contributed by atoms with Crippen LogP contribution in [0.5, 0.6) is 0 Å². The van der Waals surface area contributed by atoms with Crippen LogP contribution in [0, 0.1) is 17.5 Å². The van der Waals surface area contributed by atoms with Crippen molar-refractivity contribution in [3.05, 3.63) is 59.9 Å². The highest BCUT2D eigenvalue weighted by Crippen LogP contribution is 2.30.